The Balaban J connectivity index is 1.73. The molecule has 0 radical (unpaired) electrons. The second kappa shape index (κ2) is 6.03. The summed E-state index contributed by atoms with van der Waals surface area (Å²) in [6.45, 7) is 2.92. The van der Waals surface area contributed by atoms with E-state index < -0.39 is 5.82 Å². The van der Waals surface area contributed by atoms with Crippen molar-refractivity contribution >= 4 is 10.9 Å². The highest BCUT2D eigenvalue weighted by molar-refractivity contribution is 5.78. The summed E-state index contributed by atoms with van der Waals surface area (Å²) in [5, 5.41) is 3.55. The summed E-state index contributed by atoms with van der Waals surface area (Å²) in [5.41, 5.74) is 2.87. The van der Waals surface area contributed by atoms with Gasteiger partial charge in [0.1, 0.15) is 5.82 Å². The fraction of sp³-hybridized carbons (Fsp3) is 0.188. The maximum atomic E-state index is 13.2. The van der Waals surface area contributed by atoms with Gasteiger partial charge in [0.25, 0.3) is 0 Å². The van der Waals surface area contributed by atoms with Crippen LogP contribution in [0.4, 0.5) is 4.39 Å². The zero-order chi connectivity index (χ0) is 15.5. The largest absolute Gasteiger partial charge is 0.357 e. The highest BCUT2D eigenvalue weighted by Gasteiger charge is 2.04. The van der Waals surface area contributed by atoms with E-state index >= 15 is 0 Å². The van der Waals surface area contributed by atoms with Gasteiger partial charge in [0.2, 0.25) is 0 Å². The summed E-state index contributed by atoms with van der Waals surface area (Å²) < 4.78 is 13.2. The van der Waals surface area contributed by atoms with Crippen LogP contribution in [0.5, 0.6) is 0 Å². The first-order valence-corrected chi connectivity index (χ1v) is 6.91. The van der Waals surface area contributed by atoms with Crippen molar-refractivity contribution in [3.63, 3.8) is 0 Å². The van der Waals surface area contributed by atoms with Gasteiger partial charge in [-0.2, -0.15) is 0 Å². The van der Waals surface area contributed by atoms with Crippen LogP contribution in [0.2, 0.25) is 0 Å². The molecule has 0 atom stereocenters. The minimum Gasteiger partial charge on any atom is -0.357 e. The fourth-order valence-corrected chi connectivity index (χ4v) is 2.21. The Kier molecular flexibility index (Phi) is 3.93. The molecular weight excluding hydrogens is 283 g/mol. The molecule has 2 heterocycles. The maximum Gasteiger partial charge on any atom is 0.189 e. The third-order valence-electron chi connectivity index (χ3n) is 3.30. The lowest BCUT2D eigenvalue weighted by Crippen LogP contribution is -2.17. The quantitative estimate of drug-likeness (QED) is 0.773. The Hall–Kier alpha value is -2.60. The fourth-order valence-electron chi connectivity index (χ4n) is 2.21. The highest BCUT2D eigenvalue weighted by Crippen LogP contribution is 2.10. The lowest BCUT2D eigenvalue weighted by Gasteiger charge is -2.06. The van der Waals surface area contributed by atoms with Crippen molar-refractivity contribution in [1.29, 1.82) is 0 Å². The number of fused-ring (bicyclic) bond motifs is 1. The van der Waals surface area contributed by atoms with Crippen LogP contribution in [0.25, 0.3) is 10.9 Å². The molecule has 0 fully saturated rings. The van der Waals surface area contributed by atoms with Crippen LogP contribution in [0.15, 0.2) is 41.5 Å². The highest BCUT2D eigenvalue weighted by atomic mass is 19.1. The zero-order valence-corrected chi connectivity index (χ0v) is 12.1. The number of rotatable bonds is 4. The van der Waals surface area contributed by atoms with Crippen LogP contribution in [0.3, 0.4) is 0 Å². The average molecular weight is 298 g/mol. The standard InChI is InChI=1S/C16H15FN4O/c1-10-6-20-13(9-19-10)8-18-7-12-5-16(22)14-4-11(17)2-3-15(14)21-12/h2-6,9,18H,7-8H2,1H3,(H,21,22). The molecule has 0 aliphatic heterocycles. The van der Waals surface area contributed by atoms with Gasteiger partial charge in [-0.25, -0.2) is 4.39 Å². The van der Waals surface area contributed by atoms with Crippen LogP contribution >= 0.6 is 0 Å². The van der Waals surface area contributed by atoms with Gasteiger partial charge in [0, 0.05) is 48.1 Å². The van der Waals surface area contributed by atoms with Crippen molar-refractivity contribution in [3.05, 3.63) is 69.8 Å². The van der Waals surface area contributed by atoms with Crippen LogP contribution in [-0.4, -0.2) is 15.0 Å². The van der Waals surface area contributed by atoms with Crippen molar-refractivity contribution in [1.82, 2.24) is 20.3 Å². The summed E-state index contributed by atoms with van der Waals surface area (Å²) in [7, 11) is 0. The van der Waals surface area contributed by atoms with E-state index in [2.05, 4.69) is 20.3 Å². The summed E-state index contributed by atoms with van der Waals surface area (Å²) >= 11 is 0. The Morgan fingerprint density at radius 3 is 2.82 bits per heavy atom. The zero-order valence-electron chi connectivity index (χ0n) is 12.1. The molecule has 0 unspecified atom stereocenters. The number of aromatic amines is 1. The van der Waals surface area contributed by atoms with Crippen molar-refractivity contribution in [3.8, 4) is 0 Å². The second-order valence-corrected chi connectivity index (χ2v) is 5.10. The molecular formula is C16H15FN4O. The van der Waals surface area contributed by atoms with Gasteiger partial charge in [-0.3, -0.25) is 14.8 Å². The van der Waals surface area contributed by atoms with E-state index in [1.54, 1.807) is 18.5 Å². The minimum atomic E-state index is -0.415. The normalized spacial score (nSPS) is 11.0. The van der Waals surface area contributed by atoms with Crippen LogP contribution in [0.1, 0.15) is 17.1 Å². The second-order valence-electron chi connectivity index (χ2n) is 5.10. The number of halogens is 1. The maximum absolute atomic E-state index is 13.2. The van der Waals surface area contributed by atoms with E-state index in [9.17, 15) is 9.18 Å². The van der Waals surface area contributed by atoms with E-state index in [4.69, 9.17) is 0 Å². The molecule has 0 bridgehead atoms. The van der Waals surface area contributed by atoms with Gasteiger partial charge >= 0.3 is 0 Å². The molecule has 6 heteroatoms. The van der Waals surface area contributed by atoms with Gasteiger partial charge in [-0.15, -0.1) is 0 Å². The molecule has 0 saturated heterocycles. The van der Waals surface area contributed by atoms with Gasteiger partial charge in [0.05, 0.1) is 11.4 Å². The van der Waals surface area contributed by atoms with E-state index in [0.29, 0.717) is 24.0 Å². The molecule has 3 aromatic rings. The van der Waals surface area contributed by atoms with Crippen molar-refractivity contribution in [2.45, 2.75) is 20.0 Å². The summed E-state index contributed by atoms with van der Waals surface area (Å²) in [4.78, 5) is 23.5. The predicted molar refractivity (Wildman–Crippen MR) is 81.8 cm³/mol. The average Bonchev–Trinajstić information content (AvgIpc) is 2.50. The molecule has 3 rings (SSSR count). The third kappa shape index (κ3) is 3.17. The van der Waals surface area contributed by atoms with Gasteiger partial charge < -0.3 is 10.3 Å². The van der Waals surface area contributed by atoms with E-state index in [0.717, 1.165) is 17.1 Å². The van der Waals surface area contributed by atoms with E-state index in [1.807, 2.05) is 6.92 Å². The SMILES string of the molecule is Cc1cnc(CNCc2cc(=O)c3cc(F)ccc3[nH]2)cn1. The molecule has 0 aliphatic carbocycles. The first kappa shape index (κ1) is 14.3. The smallest absolute Gasteiger partial charge is 0.189 e. The van der Waals surface area contributed by atoms with Crippen molar-refractivity contribution < 1.29 is 4.39 Å². The predicted octanol–water partition coefficient (Wildman–Crippen LogP) is 2.06. The molecule has 2 aromatic heterocycles. The van der Waals surface area contributed by atoms with Crippen molar-refractivity contribution in [2.75, 3.05) is 0 Å². The molecule has 22 heavy (non-hydrogen) atoms. The number of nitrogens with one attached hydrogen (secondary N) is 2. The number of hydrogen-bond donors (Lipinski definition) is 2. The Labute approximate surface area is 126 Å². The first-order chi connectivity index (χ1) is 10.6. The molecule has 0 amide bonds. The number of pyridine rings is 1. The van der Waals surface area contributed by atoms with E-state index in [1.165, 1.54) is 18.2 Å². The third-order valence-corrected chi connectivity index (χ3v) is 3.30. The minimum absolute atomic E-state index is 0.194. The summed E-state index contributed by atoms with van der Waals surface area (Å²) in [6, 6.07) is 5.63. The lowest BCUT2D eigenvalue weighted by molar-refractivity contribution is 0.629. The number of H-pyrrole nitrogens is 1. The monoisotopic (exact) mass is 298 g/mol. The Morgan fingerprint density at radius 2 is 2.05 bits per heavy atom. The Morgan fingerprint density at radius 1 is 1.18 bits per heavy atom. The molecule has 2 N–H and O–H groups in total. The number of nitrogens with zero attached hydrogens (tertiary/aromatic N) is 2. The molecule has 5 nitrogen and oxygen atoms in total. The van der Waals surface area contributed by atoms with Crippen LogP contribution < -0.4 is 10.7 Å². The topological polar surface area (TPSA) is 70.7 Å². The molecule has 0 spiro atoms. The molecule has 112 valence electrons. The summed E-state index contributed by atoms with van der Waals surface area (Å²) in [5.74, 6) is -0.415. The number of aryl methyl sites for hydroxylation is 1. The molecule has 0 saturated carbocycles. The number of benzene rings is 1. The number of aromatic nitrogens is 3. The first-order valence-electron chi connectivity index (χ1n) is 6.91. The van der Waals surface area contributed by atoms with Crippen molar-refractivity contribution in [2.24, 2.45) is 0 Å². The lowest BCUT2D eigenvalue weighted by atomic mass is 10.2. The van der Waals surface area contributed by atoms with Crippen LogP contribution in [-0.2, 0) is 13.1 Å². The molecule has 0 aliphatic rings. The molecule has 1 aromatic carbocycles. The number of hydrogen-bond acceptors (Lipinski definition) is 4. The van der Waals surface area contributed by atoms with E-state index in [-0.39, 0.29) is 5.43 Å². The summed E-state index contributed by atoms with van der Waals surface area (Å²) in [6.07, 6.45) is 3.43. The van der Waals surface area contributed by atoms with Gasteiger partial charge in [-0.1, -0.05) is 0 Å². The van der Waals surface area contributed by atoms with Gasteiger partial charge in [-0.05, 0) is 25.1 Å². The van der Waals surface area contributed by atoms with Crippen LogP contribution in [0, 0.1) is 12.7 Å². The Bertz CT molecular complexity index is 858. The van der Waals surface area contributed by atoms with Gasteiger partial charge in [0.15, 0.2) is 5.43 Å².